The third kappa shape index (κ3) is 5.11. The summed E-state index contributed by atoms with van der Waals surface area (Å²) in [5.74, 6) is 1.38. The Morgan fingerprint density at radius 3 is 2.46 bits per heavy atom. The molecule has 8 nitrogen and oxygen atoms in total. The second kappa shape index (κ2) is 10.2. The minimum absolute atomic E-state index is 0.163. The van der Waals surface area contributed by atoms with Crippen molar-refractivity contribution < 1.29 is 27.0 Å². The Morgan fingerprint density at radius 2 is 1.67 bits per heavy atom. The van der Waals surface area contributed by atoms with Gasteiger partial charge in [-0.05, 0) is 52.4 Å². The van der Waals surface area contributed by atoms with Crippen LogP contribution in [-0.2, 0) is 12.7 Å². The number of fused-ring (bicyclic) bond motifs is 1. The first kappa shape index (κ1) is 25.1. The fourth-order valence-electron chi connectivity index (χ4n) is 5.05. The first-order valence-corrected chi connectivity index (χ1v) is 12.4. The summed E-state index contributed by atoms with van der Waals surface area (Å²) in [4.78, 5) is 3.96. The minimum atomic E-state index is -4.41. The fraction of sp³-hybridized carbons (Fsp3) is 0.296. The number of rotatable bonds is 6. The van der Waals surface area contributed by atoms with Crippen molar-refractivity contribution in [3.63, 3.8) is 0 Å². The molecule has 0 saturated carbocycles. The van der Waals surface area contributed by atoms with E-state index in [0.717, 1.165) is 17.7 Å². The second-order valence-electron chi connectivity index (χ2n) is 9.38. The van der Waals surface area contributed by atoms with Gasteiger partial charge in [-0.15, -0.1) is 5.10 Å². The van der Waals surface area contributed by atoms with Crippen molar-refractivity contribution in [2.75, 3.05) is 37.9 Å². The maximum atomic E-state index is 15.1. The number of piperazine rings is 1. The zero-order valence-corrected chi connectivity index (χ0v) is 20.7. The Balaban J connectivity index is 1.27. The van der Waals surface area contributed by atoms with Gasteiger partial charge >= 0.3 is 6.18 Å². The molecule has 0 radical (unpaired) electrons. The molecule has 1 atom stereocenters. The number of alkyl halides is 3. The van der Waals surface area contributed by atoms with E-state index in [9.17, 15) is 13.2 Å². The molecular formula is C27H24F4N6O2. The van der Waals surface area contributed by atoms with Crippen LogP contribution in [0.3, 0.4) is 0 Å². The SMILES string of the molecule is Fc1ccccc1[C@@H](c1nnnn1Cc1ccc2c(c1)OCO2)N1CCN(c2cccc(C(F)(F)F)c2)CC1. The molecule has 2 aliphatic heterocycles. The molecule has 0 spiro atoms. The zero-order chi connectivity index (χ0) is 27.0. The average molecular weight is 541 g/mol. The van der Waals surface area contributed by atoms with Crippen LogP contribution in [0.5, 0.6) is 11.5 Å². The van der Waals surface area contributed by atoms with Crippen molar-refractivity contribution in [2.45, 2.75) is 18.8 Å². The summed E-state index contributed by atoms with van der Waals surface area (Å²) < 4.78 is 67.4. The Hall–Kier alpha value is -4.19. The molecule has 0 unspecified atom stereocenters. The summed E-state index contributed by atoms with van der Waals surface area (Å²) in [6.07, 6.45) is -4.41. The third-order valence-electron chi connectivity index (χ3n) is 6.99. The van der Waals surface area contributed by atoms with Crippen molar-refractivity contribution in [3.05, 3.63) is 95.1 Å². The van der Waals surface area contributed by atoms with Crippen LogP contribution in [0.25, 0.3) is 0 Å². The van der Waals surface area contributed by atoms with E-state index in [2.05, 4.69) is 20.4 Å². The quantitative estimate of drug-likeness (QED) is 0.333. The largest absolute Gasteiger partial charge is 0.454 e. The number of halogens is 4. The van der Waals surface area contributed by atoms with Gasteiger partial charge in [0.25, 0.3) is 0 Å². The molecule has 6 rings (SSSR count). The number of hydrogen-bond acceptors (Lipinski definition) is 7. The maximum absolute atomic E-state index is 15.1. The molecule has 39 heavy (non-hydrogen) atoms. The smallest absolute Gasteiger partial charge is 0.416 e. The molecule has 0 aliphatic carbocycles. The number of tetrazole rings is 1. The van der Waals surface area contributed by atoms with E-state index in [1.807, 2.05) is 23.1 Å². The number of anilines is 1. The Labute approximate surface area is 221 Å². The van der Waals surface area contributed by atoms with E-state index in [1.165, 1.54) is 12.1 Å². The summed E-state index contributed by atoms with van der Waals surface area (Å²) in [5, 5.41) is 12.4. The van der Waals surface area contributed by atoms with Crippen LogP contribution >= 0.6 is 0 Å². The lowest BCUT2D eigenvalue weighted by Crippen LogP contribution is -2.48. The molecule has 3 heterocycles. The maximum Gasteiger partial charge on any atom is 0.416 e. The summed E-state index contributed by atoms with van der Waals surface area (Å²) in [5.41, 5.74) is 1.12. The van der Waals surface area contributed by atoms with Crippen molar-refractivity contribution in [3.8, 4) is 11.5 Å². The van der Waals surface area contributed by atoms with Crippen LogP contribution in [0.1, 0.15) is 28.6 Å². The molecule has 2 aliphatic rings. The van der Waals surface area contributed by atoms with Gasteiger partial charge < -0.3 is 14.4 Å². The number of aromatic nitrogens is 4. The van der Waals surface area contributed by atoms with E-state index in [-0.39, 0.29) is 12.6 Å². The lowest BCUT2D eigenvalue weighted by molar-refractivity contribution is -0.137. The average Bonchev–Trinajstić information content (AvgIpc) is 3.59. The molecule has 1 fully saturated rings. The van der Waals surface area contributed by atoms with Crippen molar-refractivity contribution in [1.29, 1.82) is 0 Å². The molecule has 1 aromatic heterocycles. The highest BCUT2D eigenvalue weighted by Crippen LogP contribution is 2.35. The molecule has 1 saturated heterocycles. The highest BCUT2D eigenvalue weighted by Gasteiger charge is 2.34. The molecule has 0 amide bonds. The third-order valence-corrected chi connectivity index (χ3v) is 6.99. The molecule has 202 valence electrons. The van der Waals surface area contributed by atoms with E-state index in [1.54, 1.807) is 28.9 Å². The summed E-state index contributed by atoms with van der Waals surface area (Å²) in [7, 11) is 0. The van der Waals surface area contributed by atoms with Crippen LogP contribution in [-0.4, -0.2) is 58.1 Å². The van der Waals surface area contributed by atoms with Gasteiger partial charge in [0.05, 0.1) is 12.1 Å². The number of benzene rings is 3. The first-order chi connectivity index (χ1) is 18.9. The van der Waals surface area contributed by atoms with Gasteiger partial charge in [-0.25, -0.2) is 9.07 Å². The number of ether oxygens (including phenoxy) is 2. The van der Waals surface area contributed by atoms with E-state index >= 15 is 4.39 Å². The predicted octanol–water partition coefficient (Wildman–Crippen LogP) is 4.52. The Morgan fingerprint density at radius 1 is 0.872 bits per heavy atom. The first-order valence-electron chi connectivity index (χ1n) is 12.4. The summed E-state index contributed by atoms with van der Waals surface area (Å²) >= 11 is 0. The van der Waals surface area contributed by atoms with Gasteiger partial charge in [-0.3, -0.25) is 4.90 Å². The standard InChI is InChI=1S/C27H24F4N6O2/c28-22-7-2-1-6-21(22)25(26-32-33-34-37(26)16-18-8-9-23-24(14-18)39-17-38-23)36-12-10-35(11-13-36)20-5-3-4-19(15-20)27(29,30)31/h1-9,14-15,25H,10-13,16-17H2/t25-/m0/s1. The zero-order valence-electron chi connectivity index (χ0n) is 20.7. The fourth-order valence-corrected chi connectivity index (χ4v) is 5.05. The Kier molecular flexibility index (Phi) is 6.55. The second-order valence-corrected chi connectivity index (χ2v) is 9.38. The highest BCUT2D eigenvalue weighted by molar-refractivity contribution is 5.50. The molecule has 0 N–H and O–H groups in total. The molecule has 4 aromatic rings. The van der Waals surface area contributed by atoms with Gasteiger partial charge in [0.1, 0.15) is 11.9 Å². The van der Waals surface area contributed by atoms with E-state index < -0.39 is 17.8 Å². The Bertz CT molecular complexity index is 1470. The lowest BCUT2D eigenvalue weighted by Gasteiger charge is -2.40. The lowest BCUT2D eigenvalue weighted by atomic mass is 10.0. The molecular weight excluding hydrogens is 516 g/mol. The van der Waals surface area contributed by atoms with Gasteiger partial charge in [0, 0.05) is 37.4 Å². The van der Waals surface area contributed by atoms with E-state index in [0.29, 0.717) is 61.3 Å². The number of hydrogen-bond donors (Lipinski definition) is 0. The normalized spacial score (nSPS) is 16.5. The topological polar surface area (TPSA) is 68.5 Å². The van der Waals surface area contributed by atoms with Crippen LogP contribution in [0.15, 0.2) is 66.7 Å². The molecule has 3 aromatic carbocycles. The monoisotopic (exact) mass is 540 g/mol. The van der Waals surface area contributed by atoms with Crippen LogP contribution in [0.2, 0.25) is 0 Å². The summed E-state index contributed by atoms with van der Waals surface area (Å²) in [6.45, 7) is 2.33. The predicted molar refractivity (Wildman–Crippen MR) is 133 cm³/mol. The minimum Gasteiger partial charge on any atom is -0.454 e. The highest BCUT2D eigenvalue weighted by atomic mass is 19.4. The van der Waals surface area contributed by atoms with Crippen LogP contribution in [0, 0.1) is 5.82 Å². The van der Waals surface area contributed by atoms with Gasteiger partial charge in [0.2, 0.25) is 6.79 Å². The van der Waals surface area contributed by atoms with Crippen LogP contribution < -0.4 is 14.4 Å². The molecule has 12 heteroatoms. The van der Waals surface area contributed by atoms with Crippen molar-refractivity contribution >= 4 is 5.69 Å². The van der Waals surface area contributed by atoms with E-state index in [4.69, 9.17) is 9.47 Å². The van der Waals surface area contributed by atoms with Crippen molar-refractivity contribution in [1.82, 2.24) is 25.1 Å². The van der Waals surface area contributed by atoms with Gasteiger partial charge in [0.15, 0.2) is 17.3 Å². The van der Waals surface area contributed by atoms with Gasteiger partial charge in [-0.1, -0.05) is 30.3 Å². The summed E-state index contributed by atoms with van der Waals surface area (Å²) in [6, 6.07) is 16.8. The van der Waals surface area contributed by atoms with Gasteiger partial charge in [-0.2, -0.15) is 13.2 Å². The van der Waals surface area contributed by atoms with Crippen molar-refractivity contribution in [2.24, 2.45) is 0 Å². The molecule has 0 bridgehead atoms. The van der Waals surface area contributed by atoms with Crippen LogP contribution in [0.4, 0.5) is 23.2 Å². The number of nitrogens with zero attached hydrogens (tertiary/aromatic N) is 6.